The van der Waals surface area contributed by atoms with Crippen LogP contribution >= 0.6 is 0 Å². The molecule has 0 aliphatic rings. The van der Waals surface area contributed by atoms with Crippen LogP contribution in [0.15, 0.2) is 6.20 Å². The molecular weight excluding hydrogens is 214 g/mol. The third kappa shape index (κ3) is 2.76. The summed E-state index contributed by atoms with van der Waals surface area (Å²) in [5.74, 6) is -0.0284. The van der Waals surface area contributed by atoms with Gasteiger partial charge in [0, 0.05) is 0 Å². The van der Waals surface area contributed by atoms with Gasteiger partial charge in [-0.15, -0.1) is 0 Å². The minimum atomic E-state index is -0.605. The Morgan fingerprint density at radius 3 is 2.94 bits per heavy atom. The summed E-state index contributed by atoms with van der Waals surface area (Å²) in [6, 6.07) is -0.298. The van der Waals surface area contributed by atoms with Crippen molar-refractivity contribution in [3.63, 3.8) is 0 Å². The van der Waals surface area contributed by atoms with Gasteiger partial charge in [0.15, 0.2) is 0 Å². The number of aliphatic hydroxyl groups excluding tert-OH is 1. The summed E-state index contributed by atoms with van der Waals surface area (Å²) in [6.45, 7) is 1.70. The van der Waals surface area contributed by atoms with Crippen molar-refractivity contribution in [2.45, 2.75) is 19.4 Å². The lowest BCUT2D eigenvalue weighted by Crippen LogP contribution is -2.24. The number of nitro groups is 1. The molecule has 0 bridgehead atoms. The number of hydrogen-bond donors (Lipinski definition) is 3. The number of nitrogen functional groups attached to an aromatic ring is 1. The third-order valence-electron chi connectivity index (χ3n) is 2.04. The Bertz CT molecular complexity index is 380. The number of nitrogens with one attached hydrogen (secondary N) is 1. The molecule has 4 N–H and O–H groups in total. The SMILES string of the molecule is CCC(CO)Nc1nc(N)ncc1[N+](=O)[O-]. The zero-order valence-corrected chi connectivity index (χ0v) is 8.75. The van der Waals surface area contributed by atoms with Crippen molar-refractivity contribution in [3.8, 4) is 0 Å². The van der Waals surface area contributed by atoms with E-state index in [-0.39, 0.29) is 30.1 Å². The lowest BCUT2D eigenvalue weighted by molar-refractivity contribution is -0.384. The van der Waals surface area contributed by atoms with E-state index in [1.54, 1.807) is 0 Å². The molecule has 0 radical (unpaired) electrons. The first kappa shape index (κ1) is 12.1. The van der Waals surface area contributed by atoms with Crippen LogP contribution in [-0.4, -0.2) is 32.6 Å². The van der Waals surface area contributed by atoms with E-state index in [2.05, 4.69) is 15.3 Å². The van der Waals surface area contributed by atoms with Crippen LogP contribution in [0.1, 0.15) is 13.3 Å². The fourth-order valence-electron chi connectivity index (χ4n) is 1.10. The monoisotopic (exact) mass is 227 g/mol. The molecule has 1 aromatic rings. The molecule has 0 amide bonds. The van der Waals surface area contributed by atoms with E-state index >= 15 is 0 Å². The van der Waals surface area contributed by atoms with E-state index in [0.717, 1.165) is 6.20 Å². The number of anilines is 2. The smallest absolute Gasteiger partial charge is 0.329 e. The molecule has 1 atom stereocenters. The maximum absolute atomic E-state index is 10.7. The van der Waals surface area contributed by atoms with Crippen LogP contribution in [0, 0.1) is 10.1 Å². The second kappa shape index (κ2) is 5.21. The second-order valence-electron chi connectivity index (χ2n) is 3.15. The molecule has 8 nitrogen and oxygen atoms in total. The van der Waals surface area contributed by atoms with Gasteiger partial charge in [-0.3, -0.25) is 10.1 Å². The van der Waals surface area contributed by atoms with Crippen LogP contribution < -0.4 is 11.1 Å². The summed E-state index contributed by atoms with van der Waals surface area (Å²) in [6.07, 6.45) is 1.65. The molecule has 1 rings (SSSR count). The summed E-state index contributed by atoms with van der Waals surface area (Å²) in [5, 5.41) is 22.4. The minimum absolute atomic E-state index is 0.0263. The van der Waals surface area contributed by atoms with Crippen LogP contribution in [0.2, 0.25) is 0 Å². The van der Waals surface area contributed by atoms with Crippen LogP contribution in [0.5, 0.6) is 0 Å². The molecule has 1 aromatic heterocycles. The molecule has 0 fully saturated rings. The summed E-state index contributed by atoms with van der Waals surface area (Å²) >= 11 is 0. The van der Waals surface area contributed by atoms with Gasteiger partial charge >= 0.3 is 5.69 Å². The zero-order chi connectivity index (χ0) is 12.1. The van der Waals surface area contributed by atoms with E-state index in [0.29, 0.717) is 6.42 Å². The highest BCUT2D eigenvalue weighted by Crippen LogP contribution is 2.22. The Hall–Kier alpha value is -1.96. The van der Waals surface area contributed by atoms with E-state index < -0.39 is 4.92 Å². The maximum atomic E-state index is 10.7. The molecule has 16 heavy (non-hydrogen) atoms. The highest BCUT2D eigenvalue weighted by atomic mass is 16.6. The van der Waals surface area contributed by atoms with Crippen molar-refractivity contribution in [2.75, 3.05) is 17.7 Å². The van der Waals surface area contributed by atoms with Gasteiger partial charge in [-0.05, 0) is 6.42 Å². The van der Waals surface area contributed by atoms with Crippen molar-refractivity contribution in [2.24, 2.45) is 0 Å². The first-order valence-corrected chi connectivity index (χ1v) is 4.72. The molecule has 0 saturated heterocycles. The topological polar surface area (TPSA) is 127 Å². The van der Waals surface area contributed by atoms with Gasteiger partial charge in [-0.2, -0.15) is 4.98 Å². The molecule has 0 spiro atoms. The maximum Gasteiger partial charge on any atom is 0.329 e. The van der Waals surface area contributed by atoms with Gasteiger partial charge in [0.2, 0.25) is 11.8 Å². The van der Waals surface area contributed by atoms with Gasteiger partial charge in [0.05, 0.1) is 17.6 Å². The van der Waals surface area contributed by atoms with Gasteiger partial charge in [0.1, 0.15) is 6.20 Å². The van der Waals surface area contributed by atoms with E-state index in [1.165, 1.54) is 0 Å². The van der Waals surface area contributed by atoms with Crippen LogP contribution in [0.4, 0.5) is 17.5 Å². The number of hydrogen-bond acceptors (Lipinski definition) is 7. The van der Waals surface area contributed by atoms with Crippen molar-refractivity contribution in [1.82, 2.24) is 9.97 Å². The minimum Gasteiger partial charge on any atom is -0.394 e. The highest BCUT2D eigenvalue weighted by Gasteiger charge is 2.18. The Labute approximate surface area is 91.7 Å². The van der Waals surface area contributed by atoms with Crippen molar-refractivity contribution >= 4 is 17.5 Å². The predicted molar refractivity (Wildman–Crippen MR) is 57.9 cm³/mol. The molecule has 0 saturated carbocycles. The summed E-state index contributed by atoms with van der Waals surface area (Å²) in [4.78, 5) is 17.3. The van der Waals surface area contributed by atoms with E-state index in [9.17, 15) is 10.1 Å². The molecule has 0 aliphatic carbocycles. The largest absolute Gasteiger partial charge is 0.394 e. The number of nitrogens with two attached hydrogens (primary N) is 1. The fourth-order valence-corrected chi connectivity index (χ4v) is 1.10. The lowest BCUT2D eigenvalue weighted by Gasteiger charge is -2.14. The summed E-state index contributed by atoms with van der Waals surface area (Å²) in [5.41, 5.74) is 5.08. The molecular formula is C8H13N5O3. The zero-order valence-electron chi connectivity index (χ0n) is 8.75. The van der Waals surface area contributed by atoms with Gasteiger partial charge in [0.25, 0.3) is 0 Å². The number of aliphatic hydroxyl groups is 1. The first-order chi connectivity index (χ1) is 7.58. The predicted octanol–water partition coefficient (Wildman–Crippen LogP) is 0.150. The normalized spacial score (nSPS) is 12.1. The van der Waals surface area contributed by atoms with Crippen LogP contribution in [0.25, 0.3) is 0 Å². The summed E-state index contributed by atoms with van der Waals surface area (Å²) < 4.78 is 0. The number of nitrogens with zero attached hydrogens (tertiary/aromatic N) is 3. The fraction of sp³-hybridized carbons (Fsp3) is 0.500. The van der Waals surface area contributed by atoms with Crippen LogP contribution in [-0.2, 0) is 0 Å². The quantitative estimate of drug-likeness (QED) is 0.482. The molecule has 8 heteroatoms. The van der Waals surface area contributed by atoms with Crippen molar-refractivity contribution in [3.05, 3.63) is 16.3 Å². The van der Waals surface area contributed by atoms with Gasteiger partial charge < -0.3 is 16.2 Å². The average Bonchev–Trinajstić information content (AvgIpc) is 2.25. The Balaban J connectivity index is 3.00. The third-order valence-corrected chi connectivity index (χ3v) is 2.04. The second-order valence-corrected chi connectivity index (χ2v) is 3.15. The standard InChI is InChI=1S/C8H13N5O3/c1-2-5(4-14)11-7-6(13(15)16)3-10-8(9)12-7/h3,5,14H,2,4H2,1H3,(H3,9,10,11,12). The lowest BCUT2D eigenvalue weighted by atomic mass is 10.2. The molecule has 0 aromatic carbocycles. The van der Waals surface area contributed by atoms with Crippen molar-refractivity contribution < 1.29 is 10.0 Å². The molecule has 88 valence electrons. The average molecular weight is 227 g/mol. The Morgan fingerprint density at radius 2 is 2.44 bits per heavy atom. The molecule has 1 heterocycles. The Kier molecular flexibility index (Phi) is 3.95. The molecule has 0 aliphatic heterocycles. The Morgan fingerprint density at radius 1 is 1.75 bits per heavy atom. The number of aromatic nitrogens is 2. The number of rotatable bonds is 5. The van der Waals surface area contributed by atoms with E-state index in [4.69, 9.17) is 10.8 Å². The van der Waals surface area contributed by atoms with Gasteiger partial charge in [-0.1, -0.05) is 6.92 Å². The van der Waals surface area contributed by atoms with Crippen LogP contribution in [0.3, 0.4) is 0 Å². The van der Waals surface area contributed by atoms with Crippen molar-refractivity contribution in [1.29, 1.82) is 0 Å². The summed E-state index contributed by atoms with van der Waals surface area (Å²) in [7, 11) is 0. The van der Waals surface area contributed by atoms with E-state index in [1.807, 2.05) is 6.92 Å². The highest BCUT2D eigenvalue weighted by molar-refractivity contribution is 5.56. The van der Waals surface area contributed by atoms with Gasteiger partial charge in [-0.25, -0.2) is 4.98 Å². The first-order valence-electron chi connectivity index (χ1n) is 4.72. The molecule has 1 unspecified atom stereocenters.